The number of aryl methyl sites for hydroxylation is 1. The molecule has 0 spiro atoms. The summed E-state index contributed by atoms with van der Waals surface area (Å²) in [6.45, 7) is 4.12. The fraction of sp³-hybridized carbons (Fsp3) is 0.517. The lowest BCUT2D eigenvalue weighted by Crippen LogP contribution is -2.50. The number of anilines is 1. The Kier molecular flexibility index (Phi) is 10.6. The van der Waals surface area contributed by atoms with Crippen LogP contribution < -0.4 is 14.4 Å². The number of ether oxygens (including phenoxy) is 1. The summed E-state index contributed by atoms with van der Waals surface area (Å²) in [7, 11) is -1.93. The van der Waals surface area contributed by atoms with Crippen molar-refractivity contribution < 1.29 is 22.7 Å². The monoisotopic (exact) mass is 543 g/mol. The minimum Gasteiger partial charge on any atom is -0.497 e. The third-order valence-electron chi connectivity index (χ3n) is 7.08. The summed E-state index contributed by atoms with van der Waals surface area (Å²) in [6.07, 6.45) is 6.92. The Morgan fingerprint density at radius 2 is 1.76 bits per heavy atom. The molecule has 1 saturated carbocycles. The van der Waals surface area contributed by atoms with Crippen LogP contribution in [0.3, 0.4) is 0 Å². The van der Waals surface area contributed by atoms with Crippen molar-refractivity contribution >= 4 is 27.5 Å². The van der Waals surface area contributed by atoms with Gasteiger partial charge >= 0.3 is 0 Å². The Labute approximate surface area is 227 Å². The first kappa shape index (κ1) is 29.5. The molecule has 2 amide bonds. The predicted octanol–water partition coefficient (Wildman–Crippen LogP) is 4.42. The van der Waals surface area contributed by atoms with Crippen molar-refractivity contribution in [1.29, 1.82) is 0 Å². The topological polar surface area (TPSA) is 96.0 Å². The van der Waals surface area contributed by atoms with E-state index in [0.717, 1.165) is 36.8 Å². The average Bonchev–Trinajstić information content (AvgIpc) is 2.90. The molecule has 2 aromatic rings. The van der Waals surface area contributed by atoms with E-state index in [4.69, 9.17) is 4.74 Å². The summed E-state index contributed by atoms with van der Waals surface area (Å²) in [4.78, 5) is 28.3. The Balaban J connectivity index is 1.72. The zero-order valence-corrected chi connectivity index (χ0v) is 23.8. The van der Waals surface area contributed by atoms with Gasteiger partial charge in [0.15, 0.2) is 0 Å². The highest BCUT2D eigenvalue weighted by atomic mass is 32.2. The third kappa shape index (κ3) is 8.48. The van der Waals surface area contributed by atoms with Gasteiger partial charge in [-0.2, -0.15) is 0 Å². The van der Waals surface area contributed by atoms with E-state index in [1.54, 1.807) is 31.1 Å². The molecule has 0 aliphatic heterocycles. The average molecular weight is 544 g/mol. The number of amides is 2. The first-order valence-electron chi connectivity index (χ1n) is 13.4. The van der Waals surface area contributed by atoms with E-state index >= 15 is 0 Å². The van der Waals surface area contributed by atoms with Crippen LogP contribution in [-0.4, -0.2) is 57.1 Å². The Bertz CT molecular complexity index is 1180. The number of carbonyl (C=O) groups is 2. The maximum atomic E-state index is 13.5. The number of carbonyl (C=O) groups excluding carboxylic acids is 2. The molecular weight excluding hydrogens is 502 g/mol. The summed E-state index contributed by atoms with van der Waals surface area (Å²) in [5.41, 5.74) is 2.46. The van der Waals surface area contributed by atoms with E-state index in [1.165, 1.54) is 17.0 Å². The molecule has 8 nitrogen and oxygen atoms in total. The lowest BCUT2D eigenvalue weighted by molar-refractivity contribution is -0.141. The molecule has 0 radical (unpaired) electrons. The molecule has 0 bridgehead atoms. The molecule has 3 rings (SSSR count). The van der Waals surface area contributed by atoms with Crippen LogP contribution in [0.25, 0.3) is 0 Å². The fourth-order valence-electron chi connectivity index (χ4n) is 4.83. The van der Waals surface area contributed by atoms with Crippen molar-refractivity contribution in [1.82, 2.24) is 10.2 Å². The van der Waals surface area contributed by atoms with E-state index in [9.17, 15) is 18.0 Å². The van der Waals surface area contributed by atoms with Crippen molar-refractivity contribution in [3.8, 4) is 5.75 Å². The minimum atomic E-state index is -3.52. The molecule has 1 atom stereocenters. The van der Waals surface area contributed by atoms with Crippen LogP contribution in [0.4, 0.5) is 5.69 Å². The molecule has 38 heavy (non-hydrogen) atoms. The molecule has 0 saturated heterocycles. The number of methoxy groups -OCH3 is 1. The number of hydrogen-bond acceptors (Lipinski definition) is 5. The van der Waals surface area contributed by atoms with Gasteiger partial charge in [0.25, 0.3) is 0 Å². The maximum absolute atomic E-state index is 13.5. The summed E-state index contributed by atoms with van der Waals surface area (Å²) in [5, 5.41) is 3.14. The number of benzene rings is 2. The van der Waals surface area contributed by atoms with Crippen molar-refractivity contribution in [3.63, 3.8) is 0 Å². The van der Waals surface area contributed by atoms with Crippen LogP contribution in [-0.2, 0) is 26.2 Å². The number of nitrogens with zero attached hydrogens (tertiary/aromatic N) is 2. The van der Waals surface area contributed by atoms with Gasteiger partial charge in [0.1, 0.15) is 11.8 Å². The number of nitrogens with one attached hydrogen (secondary N) is 1. The number of rotatable bonds is 12. The quantitative estimate of drug-likeness (QED) is 0.428. The summed E-state index contributed by atoms with van der Waals surface area (Å²) in [6, 6.07) is 14.2. The predicted molar refractivity (Wildman–Crippen MR) is 151 cm³/mol. The van der Waals surface area contributed by atoms with Gasteiger partial charge < -0.3 is 15.0 Å². The maximum Gasteiger partial charge on any atom is 0.242 e. The molecule has 1 N–H and O–H groups in total. The van der Waals surface area contributed by atoms with Gasteiger partial charge in [-0.1, -0.05) is 49.1 Å². The van der Waals surface area contributed by atoms with Crippen LogP contribution in [0.1, 0.15) is 63.0 Å². The molecule has 1 aliphatic rings. The smallest absolute Gasteiger partial charge is 0.242 e. The van der Waals surface area contributed by atoms with Gasteiger partial charge in [-0.15, -0.1) is 0 Å². The molecule has 0 aromatic heterocycles. The lowest BCUT2D eigenvalue weighted by Gasteiger charge is -2.31. The van der Waals surface area contributed by atoms with Crippen LogP contribution in [0.5, 0.6) is 5.75 Å². The largest absolute Gasteiger partial charge is 0.497 e. The van der Waals surface area contributed by atoms with E-state index in [2.05, 4.69) is 5.32 Å². The van der Waals surface area contributed by atoms with Gasteiger partial charge in [-0.05, 0) is 62.9 Å². The van der Waals surface area contributed by atoms with Crippen molar-refractivity contribution in [2.24, 2.45) is 0 Å². The lowest BCUT2D eigenvalue weighted by atomic mass is 9.95. The van der Waals surface area contributed by atoms with Crippen LogP contribution in [0.15, 0.2) is 48.5 Å². The number of sulfonamides is 1. The van der Waals surface area contributed by atoms with E-state index in [-0.39, 0.29) is 37.4 Å². The summed E-state index contributed by atoms with van der Waals surface area (Å²) in [5.74, 6) is 0.318. The van der Waals surface area contributed by atoms with Crippen LogP contribution in [0.2, 0.25) is 0 Å². The summed E-state index contributed by atoms with van der Waals surface area (Å²) >= 11 is 0. The summed E-state index contributed by atoms with van der Waals surface area (Å²) < 4.78 is 31.6. The Hall–Kier alpha value is -3.07. The Morgan fingerprint density at radius 3 is 2.39 bits per heavy atom. The SMILES string of the molecule is COc1cccc(CN(C(=O)CCCN(c2ccc(C)cc2)S(C)(=O)=O)C(C)C(=O)NC2CCCCC2)c1. The normalized spacial score (nSPS) is 14.9. The molecule has 9 heteroatoms. The van der Waals surface area contributed by atoms with Crippen molar-refractivity contribution in [2.75, 3.05) is 24.2 Å². The molecule has 1 unspecified atom stereocenters. The molecule has 1 fully saturated rings. The van der Waals surface area contributed by atoms with E-state index in [0.29, 0.717) is 17.9 Å². The second-order valence-corrected chi connectivity index (χ2v) is 12.1. The van der Waals surface area contributed by atoms with Gasteiger partial charge in [0.05, 0.1) is 19.1 Å². The van der Waals surface area contributed by atoms with Gasteiger partial charge in [-0.3, -0.25) is 13.9 Å². The minimum absolute atomic E-state index is 0.114. The highest BCUT2D eigenvalue weighted by molar-refractivity contribution is 7.92. The first-order chi connectivity index (χ1) is 18.1. The molecule has 1 aliphatic carbocycles. The van der Waals surface area contributed by atoms with E-state index < -0.39 is 16.1 Å². The molecule has 2 aromatic carbocycles. The zero-order valence-electron chi connectivity index (χ0n) is 23.0. The highest BCUT2D eigenvalue weighted by Gasteiger charge is 2.28. The zero-order chi connectivity index (χ0) is 27.7. The number of hydrogen-bond donors (Lipinski definition) is 1. The molecular formula is C29H41N3O5S. The standard InChI is InChI=1S/C29H41N3O5S/c1-22-15-17-26(18-16-22)32(38(4,35)36)19-9-14-28(33)31(21-24-10-8-13-27(20-24)37-3)23(2)29(34)30-25-11-6-5-7-12-25/h8,10,13,15-18,20,23,25H,5-7,9,11-12,14,19,21H2,1-4H3,(H,30,34). The molecule has 0 heterocycles. The van der Waals surface area contributed by atoms with Crippen molar-refractivity contribution in [2.45, 2.75) is 77.4 Å². The van der Waals surface area contributed by atoms with Gasteiger partial charge in [0, 0.05) is 25.6 Å². The highest BCUT2D eigenvalue weighted by Crippen LogP contribution is 2.22. The van der Waals surface area contributed by atoms with Crippen LogP contribution in [0, 0.1) is 6.92 Å². The first-order valence-corrected chi connectivity index (χ1v) is 15.2. The fourth-order valence-corrected chi connectivity index (χ4v) is 5.80. The third-order valence-corrected chi connectivity index (χ3v) is 8.27. The van der Waals surface area contributed by atoms with Crippen LogP contribution >= 0.6 is 0 Å². The van der Waals surface area contributed by atoms with Gasteiger partial charge in [0.2, 0.25) is 21.8 Å². The van der Waals surface area contributed by atoms with Gasteiger partial charge in [-0.25, -0.2) is 8.42 Å². The second kappa shape index (κ2) is 13.6. The van der Waals surface area contributed by atoms with E-state index in [1.807, 2.05) is 43.3 Å². The van der Waals surface area contributed by atoms with Crippen molar-refractivity contribution in [3.05, 3.63) is 59.7 Å². The second-order valence-electron chi connectivity index (χ2n) is 10.2. The molecule has 208 valence electrons. The Morgan fingerprint density at radius 1 is 1.08 bits per heavy atom.